The topological polar surface area (TPSA) is 27.7 Å². The molecule has 16 heavy (non-hydrogen) atoms. The van der Waals surface area contributed by atoms with Crippen LogP contribution in [0.1, 0.15) is 19.3 Å². The second-order valence-corrected chi connectivity index (χ2v) is 4.17. The van der Waals surface area contributed by atoms with E-state index >= 15 is 0 Å². The Hall–Kier alpha value is -0.770. The van der Waals surface area contributed by atoms with Crippen LogP contribution in [-0.4, -0.2) is 19.7 Å². The van der Waals surface area contributed by atoms with Crippen LogP contribution in [0.3, 0.4) is 0 Å². The molecule has 0 spiro atoms. The maximum atomic E-state index is 5.79. The zero-order valence-corrected chi connectivity index (χ0v) is 9.94. The lowest BCUT2D eigenvalue weighted by molar-refractivity contribution is -0.232. The van der Waals surface area contributed by atoms with Gasteiger partial charge < -0.3 is 14.2 Å². The van der Waals surface area contributed by atoms with Gasteiger partial charge in [-0.05, 0) is 37.1 Å². The van der Waals surface area contributed by atoms with Crippen molar-refractivity contribution in [3.63, 3.8) is 0 Å². The summed E-state index contributed by atoms with van der Waals surface area (Å²) in [7, 11) is 1.65. The predicted molar refractivity (Wildman–Crippen MR) is 61.6 cm³/mol. The van der Waals surface area contributed by atoms with Crippen LogP contribution < -0.4 is 4.74 Å². The number of ether oxygens (including phenoxy) is 3. The Labute approximate surface area is 100 Å². The van der Waals surface area contributed by atoms with Crippen LogP contribution in [0, 0.1) is 0 Å². The van der Waals surface area contributed by atoms with E-state index in [1.165, 1.54) is 0 Å². The Morgan fingerprint density at radius 2 is 1.88 bits per heavy atom. The molecule has 1 aromatic rings. The molecule has 0 amide bonds. The van der Waals surface area contributed by atoms with Crippen molar-refractivity contribution in [3.8, 4) is 5.75 Å². The molecular formula is C12H15ClO3. The largest absolute Gasteiger partial charge is 0.465 e. The summed E-state index contributed by atoms with van der Waals surface area (Å²) in [5, 5.41) is 0.701. The number of halogens is 1. The molecule has 1 aliphatic heterocycles. The van der Waals surface area contributed by atoms with Crippen molar-refractivity contribution in [2.75, 3.05) is 7.11 Å². The zero-order chi connectivity index (χ0) is 11.4. The van der Waals surface area contributed by atoms with Gasteiger partial charge in [-0.1, -0.05) is 11.6 Å². The summed E-state index contributed by atoms with van der Waals surface area (Å²) < 4.78 is 16.4. The minimum absolute atomic E-state index is 0.147. The predicted octanol–water partition coefficient (Wildman–Crippen LogP) is 3.22. The van der Waals surface area contributed by atoms with E-state index in [0.29, 0.717) is 5.02 Å². The van der Waals surface area contributed by atoms with Gasteiger partial charge in [-0.25, -0.2) is 0 Å². The zero-order valence-electron chi connectivity index (χ0n) is 9.19. The third-order valence-electron chi connectivity index (χ3n) is 2.53. The Bertz CT molecular complexity index is 326. The summed E-state index contributed by atoms with van der Waals surface area (Å²) in [5.41, 5.74) is 0. The van der Waals surface area contributed by atoms with Gasteiger partial charge in [0.2, 0.25) is 6.29 Å². The first-order chi connectivity index (χ1) is 7.78. The van der Waals surface area contributed by atoms with Crippen LogP contribution in [0.4, 0.5) is 0 Å². The van der Waals surface area contributed by atoms with Crippen molar-refractivity contribution >= 4 is 11.6 Å². The smallest absolute Gasteiger partial charge is 0.202 e. The second kappa shape index (κ2) is 5.53. The fourth-order valence-corrected chi connectivity index (χ4v) is 1.81. The summed E-state index contributed by atoms with van der Waals surface area (Å²) in [6.45, 7) is 0. The van der Waals surface area contributed by atoms with Gasteiger partial charge in [-0.2, -0.15) is 0 Å². The van der Waals surface area contributed by atoms with Gasteiger partial charge in [-0.15, -0.1) is 0 Å². The SMILES string of the molecule is CO[C@@H]1CCC[C@H](Oc2ccc(Cl)cc2)O1. The van der Waals surface area contributed by atoms with E-state index in [1.54, 1.807) is 19.2 Å². The molecule has 2 rings (SSSR count). The van der Waals surface area contributed by atoms with Crippen molar-refractivity contribution in [3.05, 3.63) is 29.3 Å². The normalized spacial score (nSPS) is 25.4. The minimum Gasteiger partial charge on any atom is -0.465 e. The molecule has 1 heterocycles. The highest BCUT2D eigenvalue weighted by Crippen LogP contribution is 2.23. The highest BCUT2D eigenvalue weighted by Gasteiger charge is 2.23. The number of rotatable bonds is 3. The molecule has 0 aliphatic carbocycles. The average molecular weight is 243 g/mol. The van der Waals surface area contributed by atoms with Gasteiger partial charge in [0, 0.05) is 18.6 Å². The van der Waals surface area contributed by atoms with Gasteiger partial charge in [-0.3, -0.25) is 0 Å². The minimum atomic E-state index is -0.222. The van der Waals surface area contributed by atoms with Crippen molar-refractivity contribution in [1.82, 2.24) is 0 Å². The average Bonchev–Trinajstić information content (AvgIpc) is 2.32. The van der Waals surface area contributed by atoms with Crippen LogP contribution in [0.2, 0.25) is 5.02 Å². The van der Waals surface area contributed by atoms with Gasteiger partial charge >= 0.3 is 0 Å². The van der Waals surface area contributed by atoms with E-state index in [9.17, 15) is 0 Å². The first-order valence-electron chi connectivity index (χ1n) is 5.38. The van der Waals surface area contributed by atoms with Crippen LogP contribution in [-0.2, 0) is 9.47 Å². The maximum Gasteiger partial charge on any atom is 0.202 e. The highest BCUT2D eigenvalue weighted by atomic mass is 35.5. The van der Waals surface area contributed by atoms with Crippen molar-refractivity contribution in [1.29, 1.82) is 0 Å². The summed E-state index contributed by atoms with van der Waals surface area (Å²) in [4.78, 5) is 0. The summed E-state index contributed by atoms with van der Waals surface area (Å²) in [6.07, 6.45) is 2.50. The van der Waals surface area contributed by atoms with Gasteiger partial charge in [0.15, 0.2) is 6.29 Å². The van der Waals surface area contributed by atoms with Crippen LogP contribution in [0.15, 0.2) is 24.3 Å². The standard InChI is InChI=1S/C12H15ClO3/c1-14-11-3-2-4-12(16-11)15-10-7-5-9(13)6-8-10/h5-8,11-12H,2-4H2,1H3/t11-,12+/m0/s1. The summed E-state index contributed by atoms with van der Waals surface area (Å²) in [5.74, 6) is 0.770. The summed E-state index contributed by atoms with van der Waals surface area (Å²) >= 11 is 5.79. The molecule has 2 atom stereocenters. The van der Waals surface area contributed by atoms with Crippen LogP contribution >= 0.6 is 11.6 Å². The molecule has 1 saturated heterocycles. The molecule has 88 valence electrons. The lowest BCUT2D eigenvalue weighted by Gasteiger charge is -2.29. The number of benzene rings is 1. The Kier molecular flexibility index (Phi) is 4.04. The molecular weight excluding hydrogens is 228 g/mol. The Morgan fingerprint density at radius 3 is 2.56 bits per heavy atom. The molecule has 0 bridgehead atoms. The van der Waals surface area contributed by atoms with Crippen molar-refractivity contribution in [2.24, 2.45) is 0 Å². The number of methoxy groups -OCH3 is 1. The molecule has 0 N–H and O–H groups in total. The lowest BCUT2D eigenvalue weighted by atomic mass is 10.2. The van der Waals surface area contributed by atoms with Gasteiger partial charge in [0.1, 0.15) is 5.75 Å². The lowest BCUT2D eigenvalue weighted by Crippen LogP contribution is -2.32. The van der Waals surface area contributed by atoms with Crippen molar-refractivity contribution in [2.45, 2.75) is 31.8 Å². The molecule has 4 heteroatoms. The first kappa shape index (κ1) is 11.7. The molecule has 0 aromatic heterocycles. The molecule has 1 fully saturated rings. The molecule has 1 aliphatic rings. The number of hydrogen-bond donors (Lipinski definition) is 0. The molecule has 0 saturated carbocycles. The van der Waals surface area contributed by atoms with E-state index in [1.807, 2.05) is 12.1 Å². The van der Waals surface area contributed by atoms with Crippen molar-refractivity contribution < 1.29 is 14.2 Å². The highest BCUT2D eigenvalue weighted by molar-refractivity contribution is 6.30. The van der Waals surface area contributed by atoms with E-state index in [2.05, 4.69) is 0 Å². The Balaban J connectivity index is 1.91. The van der Waals surface area contributed by atoms with E-state index in [-0.39, 0.29) is 12.6 Å². The van der Waals surface area contributed by atoms with Gasteiger partial charge in [0.05, 0.1) is 0 Å². The molecule has 0 radical (unpaired) electrons. The molecule has 1 aromatic carbocycles. The fraction of sp³-hybridized carbons (Fsp3) is 0.500. The number of hydrogen-bond acceptors (Lipinski definition) is 3. The van der Waals surface area contributed by atoms with Crippen LogP contribution in [0.25, 0.3) is 0 Å². The third kappa shape index (κ3) is 3.11. The van der Waals surface area contributed by atoms with E-state index < -0.39 is 0 Å². The first-order valence-corrected chi connectivity index (χ1v) is 5.76. The maximum absolute atomic E-state index is 5.79. The van der Waals surface area contributed by atoms with Gasteiger partial charge in [0.25, 0.3) is 0 Å². The van der Waals surface area contributed by atoms with E-state index in [4.69, 9.17) is 25.8 Å². The third-order valence-corrected chi connectivity index (χ3v) is 2.78. The van der Waals surface area contributed by atoms with Crippen LogP contribution in [0.5, 0.6) is 5.75 Å². The monoisotopic (exact) mass is 242 g/mol. The Morgan fingerprint density at radius 1 is 1.19 bits per heavy atom. The quantitative estimate of drug-likeness (QED) is 0.815. The molecule has 0 unspecified atom stereocenters. The van der Waals surface area contributed by atoms with E-state index in [0.717, 1.165) is 25.0 Å². The second-order valence-electron chi connectivity index (χ2n) is 3.73. The molecule has 3 nitrogen and oxygen atoms in total. The fourth-order valence-electron chi connectivity index (χ4n) is 1.68. The summed E-state index contributed by atoms with van der Waals surface area (Å²) in [6, 6.07) is 7.27.